The fraction of sp³-hybridized carbons (Fsp3) is 0.0556. The minimum absolute atomic E-state index is 0.738. The Hall–Kier alpha value is -2.81. The molecule has 0 aliphatic heterocycles. The molecule has 3 aromatic heterocycles. The van der Waals surface area contributed by atoms with Crippen LogP contribution in [0.1, 0.15) is 5.69 Å². The van der Waals surface area contributed by atoms with Gasteiger partial charge in [-0.2, -0.15) is 0 Å². The second-order valence-corrected chi connectivity index (χ2v) is 5.10. The van der Waals surface area contributed by atoms with Crippen molar-refractivity contribution in [1.82, 2.24) is 15.0 Å². The molecule has 0 bridgehead atoms. The van der Waals surface area contributed by atoms with E-state index in [1.165, 1.54) is 0 Å². The van der Waals surface area contributed by atoms with Crippen LogP contribution in [0.15, 0.2) is 60.7 Å². The molecule has 0 fully saturated rings. The van der Waals surface area contributed by atoms with Gasteiger partial charge in [0.15, 0.2) is 11.3 Å². The number of aryl methyl sites for hydroxylation is 1. The fourth-order valence-electron chi connectivity index (χ4n) is 2.45. The van der Waals surface area contributed by atoms with Crippen molar-refractivity contribution in [3.05, 3.63) is 66.4 Å². The molecule has 0 aliphatic carbocycles. The normalized spacial score (nSPS) is 11.1. The predicted molar refractivity (Wildman–Crippen MR) is 85.0 cm³/mol. The summed E-state index contributed by atoms with van der Waals surface area (Å²) >= 11 is 0. The first kappa shape index (κ1) is 12.0. The number of nitrogens with zero attached hydrogens (tertiary/aromatic N) is 3. The SMILES string of the molecule is Cc1ccc2cc3ccc(-c4ccccc4)nc3nc2n1. The van der Waals surface area contributed by atoms with Gasteiger partial charge in [0.05, 0.1) is 5.69 Å². The number of aromatic nitrogens is 3. The summed E-state index contributed by atoms with van der Waals surface area (Å²) in [6, 6.07) is 20.4. The van der Waals surface area contributed by atoms with Gasteiger partial charge >= 0.3 is 0 Å². The third-order valence-electron chi connectivity index (χ3n) is 3.54. The van der Waals surface area contributed by atoms with Gasteiger partial charge in [0.2, 0.25) is 0 Å². The van der Waals surface area contributed by atoms with E-state index in [1.54, 1.807) is 0 Å². The second-order valence-electron chi connectivity index (χ2n) is 5.10. The van der Waals surface area contributed by atoms with Gasteiger partial charge in [-0.1, -0.05) is 30.3 Å². The van der Waals surface area contributed by atoms with Crippen LogP contribution in [-0.2, 0) is 0 Å². The molecule has 3 heterocycles. The minimum atomic E-state index is 0.738. The smallest absolute Gasteiger partial charge is 0.162 e. The van der Waals surface area contributed by atoms with Gasteiger partial charge in [-0.25, -0.2) is 15.0 Å². The highest BCUT2D eigenvalue weighted by Crippen LogP contribution is 2.22. The third-order valence-corrected chi connectivity index (χ3v) is 3.54. The summed E-state index contributed by atoms with van der Waals surface area (Å²) in [5, 5.41) is 2.08. The number of benzene rings is 1. The molecule has 0 radical (unpaired) electrons. The Bertz CT molecular complexity index is 946. The minimum Gasteiger partial charge on any atom is -0.233 e. The van der Waals surface area contributed by atoms with Gasteiger partial charge in [0.25, 0.3) is 0 Å². The molecule has 100 valence electrons. The lowest BCUT2D eigenvalue weighted by Gasteiger charge is -2.04. The predicted octanol–water partition coefficient (Wildman–Crippen LogP) is 4.15. The summed E-state index contributed by atoms with van der Waals surface area (Å²) in [6.45, 7) is 1.97. The Kier molecular flexibility index (Phi) is 2.64. The molecule has 0 spiro atoms. The number of pyridine rings is 3. The second kappa shape index (κ2) is 4.63. The van der Waals surface area contributed by atoms with Crippen LogP contribution >= 0.6 is 0 Å². The van der Waals surface area contributed by atoms with Crippen LogP contribution in [0, 0.1) is 6.92 Å². The molecule has 21 heavy (non-hydrogen) atoms. The van der Waals surface area contributed by atoms with E-state index in [4.69, 9.17) is 0 Å². The lowest BCUT2D eigenvalue weighted by Crippen LogP contribution is -1.92. The average Bonchev–Trinajstić information content (AvgIpc) is 2.53. The molecule has 0 aliphatic rings. The summed E-state index contributed by atoms with van der Waals surface area (Å²) in [5.74, 6) is 0. The van der Waals surface area contributed by atoms with Crippen molar-refractivity contribution >= 4 is 22.1 Å². The van der Waals surface area contributed by atoms with E-state index in [0.717, 1.165) is 39.0 Å². The van der Waals surface area contributed by atoms with E-state index in [1.807, 2.05) is 37.3 Å². The van der Waals surface area contributed by atoms with Crippen LogP contribution in [0.4, 0.5) is 0 Å². The van der Waals surface area contributed by atoms with E-state index in [-0.39, 0.29) is 0 Å². The monoisotopic (exact) mass is 271 g/mol. The number of hydrogen-bond acceptors (Lipinski definition) is 3. The van der Waals surface area contributed by atoms with Crippen LogP contribution in [0.2, 0.25) is 0 Å². The molecule has 0 amide bonds. The average molecular weight is 271 g/mol. The van der Waals surface area contributed by atoms with Crippen LogP contribution < -0.4 is 0 Å². The maximum atomic E-state index is 4.67. The van der Waals surface area contributed by atoms with Gasteiger partial charge in [-0.05, 0) is 37.3 Å². The molecule has 4 aromatic rings. The van der Waals surface area contributed by atoms with E-state index >= 15 is 0 Å². The van der Waals surface area contributed by atoms with Crippen molar-refractivity contribution in [2.75, 3.05) is 0 Å². The highest BCUT2D eigenvalue weighted by Gasteiger charge is 2.05. The molecule has 3 heteroatoms. The third kappa shape index (κ3) is 2.13. The van der Waals surface area contributed by atoms with Crippen molar-refractivity contribution in [1.29, 1.82) is 0 Å². The van der Waals surface area contributed by atoms with E-state index in [2.05, 4.69) is 45.3 Å². The Morgan fingerprint density at radius 1 is 0.667 bits per heavy atom. The highest BCUT2D eigenvalue weighted by atomic mass is 14.9. The van der Waals surface area contributed by atoms with Gasteiger partial charge < -0.3 is 0 Å². The Labute approximate surface area is 122 Å². The first-order chi connectivity index (χ1) is 10.3. The summed E-state index contributed by atoms with van der Waals surface area (Å²) < 4.78 is 0. The van der Waals surface area contributed by atoms with Crippen molar-refractivity contribution in [2.24, 2.45) is 0 Å². The highest BCUT2D eigenvalue weighted by molar-refractivity contribution is 5.90. The molecule has 0 N–H and O–H groups in total. The molecular weight excluding hydrogens is 258 g/mol. The van der Waals surface area contributed by atoms with Gasteiger partial charge in [-0.3, -0.25) is 0 Å². The number of fused-ring (bicyclic) bond motifs is 2. The lowest BCUT2D eigenvalue weighted by molar-refractivity contribution is 1.20. The maximum absolute atomic E-state index is 4.67. The number of rotatable bonds is 1. The van der Waals surface area contributed by atoms with Crippen LogP contribution in [-0.4, -0.2) is 15.0 Å². The summed E-state index contributed by atoms with van der Waals surface area (Å²) in [7, 11) is 0. The zero-order valence-electron chi connectivity index (χ0n) is 11.6. The van der Waals surface area contributed by atoms with Crippen molar-refractivity contribution in [3.63, 3.8) is 0 Å². The Morgan fingerprint density at radius 3 is 2.19 bits per heavy atom. The zero-order valence-corrected chi connectivity index (χ0v) is 11.6. The Balaban J connectivity index is 1.96. The van der Waals surface area contributed by atoms with E-state index < -0.39 is 0 Å². The van der Waals surface area contributed by atoms with Crippen molar-refractivity contribution < 1.29 is 0 Å². The van der Waals surface area contributed by atoms with Gasteiger partial charge in [0.1, 0.15) is 0 Å². The quantitative estimate of drug-likeness (QED) is 0.488. The summed E-state index contributed by atoms with van der Waals surface area (Å²) in [5.41, 5.74) is 4.48. The molecule has 0 atom stereocenters. The van der Waals surface area contributed by atoms with Crippen LogP contribution in [0.3, 0.4) is 0 Å². The number of hydrogen-bond donors (Lipinski definition) is 0. The lowest BCUT2D eigenvalue weighted by atomic mass is 10.1. The van der Waals surface area contributed by atoms with Crippen molar-refractivity contribution in [2.45, 2.75) is 6.92 Å². The first-order valence-corrected chi connectivity index (χ1v) is 6.90. The van der Waals surface area contributed by atoms with Crippen LogP contribution in [0.25, 0.3) is 33.3 Å². The van der Waals surface area contributed by atoms with Crippen molar-refractivity contribution in [3.8, 4) is 11.3 Å². The Morgan fingerprint density at radius 2 is 1.38 bits per heavy atom. The molecule has 1 aromatic carbocycles. The molecule has 0 saturated heterocycles. The topological polar surface area (TPSA) is 38.7 Å². The summed E-state index contributed by atoms with van der Waals surface area (Å²) in [6.07, 6.45) is 0. The van der Waals surface area contributed by atoms with E-state index in [0.29, 0.717) is 0 Å². The molecule has 0 unspecified atom stereocenters. The molecule has 3 nitrogen and oxygen atoms in total. The van der Waals surface area contributed by atoms with Gasteiger partial charge in [-0.15, -0.1) is 0 Å². The largest absolute Gasteiger partial charge is 0.233 e. The fourth-order valence-corrected chi connectivity index (χ4v) is 2.45. The zero-order chi connectivity index (χ0) is 14.2. The van der Waals surface area contributed by atoms with Crippen LogP contribution in [0.5, 0.6) is 0 Å². The standard InChI is InChI=1S/C18H13N3/c1-12-7-8-14-11-15-9-10-16(13-5-3-2-4-6-13)20-18(15)21-17(14)19-12/h2-11H,1H3. The van der Waals surface area contributed by atoms with Gasteiger partial charge in [0, 0.05) is 22.0 Å². The summed E-state index contributed by atoms with van der Waals surface area (Å²) in [4.78, 5) is 13.8. The van der Waals surface area contributed by atoms with E-state index in [9.17, 15) is 0 Å². The molecule has 0 saturated carbocycles. The molecular formula is C18H13N3. The maximum Gasteiger partial charge on any atom is 0.162 e. The first-order valence-electron chi connectivity index (χ1n) is 6.90. The molecule has 4 rings (SSSR count).